The van der Waals surface area contributed by atoms with Crippen LogP contribution in [0.1, 0.15) is 16.2 Å². The summed E-state index contributed by atoms with van der Waals surface area (Å²) in [7, 11) is -2.95. The van der Waals surface area contributed by atoms with Crippen molar-refractivity contribution in [2.75, 3.05) is 29.9 Å². The summed E-state index contributed by atoms with van der Waals surface area (Å²) in [5.74, 6) is -0.0349. The molecule has 3 N–H and O–H groups in total. The lowest BCUT2D eigenvalue weighted by molar-refractivity contribution is 0.102. The second kappa shape index (κ2) is 8.85. The van der Waals surface area contributed by atoms with Crippen molar-refractivity contribution in [3.05, 3.63) is 72.4 Å². The van der Waals surface area contributed by atoms with Crippen molar-refractivity contribution in [3.8, 4) is 11.1 Å². The summed E-state index contributed by atoms with van der Waals surface area (Å²) in [5, 5.41) is 11.9. The number of hydrogen-bond acceptors (Lipinski definition) is 7. The molecule has 0 atom stereocenters. The number of nitrogens with one attached hydrogen (secondary N) is 3. The van der Waals surface area contributed by atoms with Gasteiger partial charge in [-0.15, -0.1) is 0 Å². The molecule has 182 valence electrons. The number of hydrogen-bond donors (Lipinski definition) is 3. The van der Waals surface area contributed by atoms with E-state index in [0.717, 1.165) is 38.8 Å². The van der Waals surface area contributed by atoms with Gasteiger partial charge in [0.1, 0.15) is 11.3 Å². The summed E-state index contributed by atoms with van der Waals surface area (Å²) in [4.78, 5) is 27.3. The highest BCUT2D eigenvalue weighted by atomic mass is 32.2. The molecule has 11 heteroatoms. The van der Waals surface area contributed by atoms with E-state index in [1.54, 1.807) is 24.5 Å². The number of nitrogens with zero attached hydrogens (tertiary/aromatic N) is 4. The molecule has 0 unspecified atom stereocenters. The van der Waals surface area contributed by atoms with E-state index in [0.29, 0.717) is 25.3 Å². The standard InChI is InChI=1S/C25H23N7O3S/c33-25(21-3-1-2-17(29-21)15-32-8-10-36(34,35)11-9-32)30-22-12-16(13-23-20(22)14-28-31-23)18-4-6-26-24-19(18)5-7-27-24/h1-7,12-14H,8-11,15H2,(H,26,27)(H,28,31)(H,30,33). The average Bonchev–Trinajstić information content (AvgIpc) is 3.55. The first-order valence-electron chi connectivity index (χ1n) is 11.5. The zero-order chi connectivity index (χ0) is 24.7. The molecule has 5 heterocycles. The molecule has 4 aromatic heterocycles. The average molecular weight is 502 g/mol. The molecule has 0 spiro atoms. The van der Waals surface area contributed by atoms with Gasteiger partial charge in [0.05, 0.1) is 34.6 Å². The number of carbonyl (C=O) groups is 1. The highest BCUT2D eigenvalue weighted by molar-refractivity contribution is 7.91. The SMILES string of the molecule is O=C(Nc1cc(-c2ccnc3[nH]ccc23)cc2[nH]ncc12)c1cccc(CN2CCS(=O)(=O)CC2)n1. The van der Waals surface area contributed by atoms with Gasteiger partial charge in [0.25, 0.3) is 5.91 Å². The normalized spacial score (nSPS) is 15.9. The van der Waals surface area contributed by atoms with Gasteiger partial charge in [-0.05, 0) is 47.5 Å². The number of fused-ring (bicyclic) bond motifs is 2. The molecule has 6 rings (SSSR count). The number of H-pyrrole nitrogens is 2. The number of carbonyl (C=O) groups excluding carboxylic acids is 1. The first-order chi connectivity index (χ1) is 17.4. The van der Waals surface area contributed by atoms with Gasteiger partial charge < -0.3 is 10.3 Å². The molecular formula is C25H23N7O3S. The molecule has 1 aliphatic heterocycles. The van der Waals surface area contributed by atoms with Gasteiger partial charge in [-0.2, -0.15) is 5.10 Å². The fourth-order valence-electron chi connectivity index (χ4n) is 4.54. The van der Waals surface area contributed by atoms with Gasteiger partial charge in [-0.3, -0.25) is 14.8 Å². The Morgan fingerprint density at radius 2 is 1.94 bits per heavy atom. The van der Waals surface area contributed by atoms with Crippen LogP contribution in [0, 0.1) is 0 Å². The quantitative estimate of drug-likeness (QED) is 0.337. The number of anilines is 1. The number of benzene rings is 1. The van der Waals surface area contributed by atoms with Crippen LogP contribution in [0.5, 0.6) is 0 Å². The van der Waals surface area contributed by atoms with E-state index in [9.17, 15) is 13.2 Å². The molecule has 0 radical (unpaired) electrons. The van der Waals surface area contributed by atoms with Crippen LogP contribution in [0.2, 0.25) is 0 Å². The maximum Gasteiger partial charge on any atom is 0.274 e. The Morgan fingerprint density at radius 3 is 2.81 bits per heavy atom. The summed E-state index contributed by atoms with van der Waals surface area (Å²) in [6, 6.07) is 13.1. The lowest BCUT2D eigenvalue weighted by Crippen LogP contribution is -2.39. The molecule has 1 aromatic carbocycles. The van der Waals surface area contributed by atoms with Crippen molar-refractivity contribution in [1.29, 1.82) is 0 Å². The Morgan fingerprint density at radius 1 is 1.08 bits per heavy atom. The predicted molar refractivity (Wildman–Crippen MR) is 137 cm³/mol. The number of rotatable bonds is 5. The van der Waals surface area contributed by atoms with Crippen LogP contribution in [-0.4, -0.2) is 69.0 Å². The van der Waals surface area contributed by atoms with Crippen molar-refractivity contribution in [1.82, 2.24) is 30.0 Å². The van der Waals surface area contributed by atoms with E-state index in [1.165, 1.54) is 0 Å². The third kappa shape index (κ3) is 4.34. The maximum absolute atomic E-state index is 13.2. The van der Waals surface area contributed by atoms with Gasteiger partial charge >= 0.3 is 0 Å². The van der Waals surface area contributed by atoms with Gasteiger partial charge in [0.15, 0.2) is 9.84 Å². The molecule has 1 amide bonds. The molecule has 0 bridgehead atoms. The maximum atomic E-state index is 13.2. The predicted octanol–water partition coefficient (Wildman–Crippen LogP) is 2.98. The topological polar surface area (TPSA) is 137 Å². The Bertz CT molecular complexity index is 1690. The summed E-state index contributed by atoms with van der Waals surface area (Å²) in [6.07, 6.45) is 5.28. The number of aromatic nitrogens is 5. The Labute approximate surface area is 206 Å². The van der Waals surface area contributed by atoms with Crippen LogP contribution in [0.4, 0.5) is 5.69 Å². The van der Waals surface area contributed by atoms with Gasteiger partial charge in [-0.1, -0.05) is 6.07 Å². The molecular weight excluding hydrogens is 478 g/mol. The molecule has 0 saturated carbocycles. The van der Waals surface area contributed by atoms with Crippen LogP contribution in [0.15, 0.2) is 61.1 Å². The minimum absolute atomic E-state index is 0.150. The molecule has 1 aliphatic rings. The fraction of sp³-hybridized carbons (Fsp3) is 0.200. The number of pyridine rings is 2. The fourth-order valence-corrected chi connectivity index (χ4v) is 5.82. The monoisotopic (exact) mass is 501 g/mol. The van der Waals surface area contributed by atoms with E-state index in [4.69, 9.17) is 0 Å². The highest BCUT2D eigenvalue weighted by Gasteiger charge is 2.22. The second-order valence-electron chi connectivity index (χ2n) is 8.85. The first kappa shape index (κ1) is 22.4. The number of aromatic amines is 2. The van der Waals surface area contributed by atoms with Crippen LogP contribution in [0.25, 0.3) is 33.1 Å². The van der Waals surface area contributed by atoms with E-state index >= 15 is 0 Å². The lowest BCUT2D eigenvalue weighted by Gasteiger charge is -2.26. The number of sulfone groups is 1. The second-order valence-corrected chi connectivity index (χ2v) is 11.2. The van der Waals surface area contributed by atoms with Crippen molar-refractivity contribution in [2.45, 2.75) is 6.54 Å². The molecule has 1 saturated heterocycles. The largest absolute Gasteiger partial charge is 0.346 e. The molecule has 36 heavy (non-hydrogen) atoms. The van der Waals surface area contributed by atoms with Gasteiger partial charge in [0.2, 0.25) is 0 Å². The van der Waals surface area contributed by atoms with Crippen molar-refractivity contribution >= 4 is 43.4 Å². The third-order valence-electron chi connectivity index (χ3n) is 6.44. The zero-order valence-corrected chi connectivity index (χ0v) is 20.0. The van der Waals surface area contributed by atoms with Crippen molar-refractivity contribution in [3.63, 3.8) is 0 Å². The Balaban J connectivity index is 1.27. The Hall–Kier alpha value is -4.09. The molecule has 5 aromatic rings. The highest BCUT2D eigenvalue weighted by Crippen LogP contribution is 2.33. The van der Waals surface area contributed by atoms with Crippen LogP contribution in [0.3, 0.4) is 0 Å². The van der Waals surface area contributed by atoms with Crippen LogP contribution < -0.4 is 5.32 Å². The first-order valence-corrected chi connectivity index (χ1v) is 13.4. The zero-order valence-electron chi connectivity index (χ0n) is 19.2. The number of amides is 1. The van der Waals surface area contributed by atoms with E-state index < -0.39 is 9.84 Å². The van der Waals surface area contributed by atoms with E-state index in [2.05, 4.69) is 30.5 Å². The molecule has 0 aliphatic carbocycles. The summed E-state index contributed by atoms with van der Waals surface area (Å²) in [5.41, 5.74) is 5.11. The molecule has 1 fully saturated rings. The van der Waals surface area contributed by atoms with Gasteiger partial charge in [0, 0.05) is 42.8 Å². The molecule has 10 nitrogen and oxygen atoms in total. The minimum Gasteiger partial charge on any atom is -0.346 e. The smallest absolute Gasteiger partial charge is 0.274 e. The summed E-state index contributed by atoms with van der Waals surface area (Å²) < 4.78 is 23.4. The van der Waals surface area contributed by atoms with Crippen LogP contribution in [-0.2, 0) is 16.4 Å². The van der Waals surface area contributed by atoms with Crippen molar-refractivity contribution in [2.24, 2.45) is 0 Å². The summed E-state index contributed by atoms with van der Waals surface area (Å²) >= 11 is 0. The third-order valence-corrected chi connectivity index (χ3v) is 8.05. The Kier molecular flexibility index (Phi) is 5.50. The lowest BCUT2D eigenvalue weighted by atomic mass is 10.0. The van der Waals surface area contributed by atoms with E-state index in [1.807, 2.05) is 41.4 Å². The van der Waals surface area contributed by atoms with Gasteiger partial charge in [-0.25, -0.2) is 18.4 Å². The van der Waals surface area contributed by atoms with Crippen molar-refractivity contribution < 1.29 is 13.2 Å². The van der Waals surface area contributed by atoms with E-state index in [-0.39, 0.29) is 23.1 Å². The summed E-state index contributed by atoms with van der Waals surface area (Å²) in [6.45, 7) is 1.43. The minimum atomic E-state index is -2.95. The van der Waals surface area contributed by atoms with Crippen LogP contribution >= 0.6 is 0 Å².